The fourth-order valence-corrected chi connectivity index (χ4v) is 1.53. The van der Waals surface area contributed by atoms with Gasteiger partial charge in [-0.3, -0.25) is 9.59 Å². The minimum absolute atomic E-state index is 0.329. The summed E-state index contributed by atoms with van der Waals surface area (Å²) in [6.07, 6.45) is 11.2. The van der Waals surface area contributed by atoms with Gasteiger partial charge in [0.05, 0.1) is 6.26 Å². The van der Waals surface area contributed by atoms with Gasteiger partial charge in [0.1, 0.15) is 0 Å². The molecule has 0 fully saturated rings. The molecule has 0 rings (SSSR count). The quantitative estimate of drug-likeness (QED) is 0.366. The summed E-state index contributed by atoms with van der Waals surface area (Å²) in [5.41, 5.74) is 0. The van der Waals surface area contributed by atoms with Gasteiger partial charge in [-0.05, 0) is 6.42 Å². The molecule has 4 nitrogen and oxygen atoms in total. The van der Waals surface area contributed by atoms with Crippen molar-refractivity contribution in [3.63, 3.8) is 0 Å². The van der Waals surface area contributed by atoms with E-state index in [0.29, 0.717) is 6.42 Å². The molecule has 0 saturated carbocycles. The van der Waals surface area contributed by atoms with Crippen molar-refractivity contribution in [2.24, 2.45) is 0 Å². The molecule has 0 atom stereocenters. The number of carbonyl (C=O) groups excluding carboxylic acids is 1. The summed E-state index contributed by atoms with van der Waals surface area (Å²) in [7, 11) is 0. The first-order valence-corrected chi connectivity index (χ1v) is 7.04. The predicted octanol–water partition coefficient (Wildman–Crippen LogP) is 4.29. The molecule has 0 aromatic carbocycles. The van der Waals surface area contributed by atoms with E-state index in [0.717, 1.165) is 19.1 Å². The number of rotatable bonds is 10. The van der Waals surface area contributed by atoms with Gasteiger partial charge >= 0.3 is 11.9 Å². The van der Waals surface area contributed by atoms with Crippen molar-refractivity contribution in [3.8, 4) is 0 Å². The summed E-state index contributed by atoms with van der Waals surface area (Å²) in [6, 6.07) is 0. The first-order valence-electron chi connectivity index (χ1n) is 7.04. The Labute approximate surface area is 116 Å². The van der Waals surface area contributed by atoms with Crippen LogP contribution >= 0.6 is 0 Å². The third-order valence-corrected chi connectivity index (χ3v) is 2.49. The molecule has 4 heteroatoms. The molecule has 0 aliphatic rings. The Hall–Kier alpha value is -1.32. The first-order chi connectivity index (χ1) is 9.04. The molecule has 0 bridgehead atoms. The summed E-state index contributed by atoms with van der Waals surface area (Å²) >= 11 is 0. The Kier molecular flexibility index (Phi) is 17.6. The predicted molar refractivity (Wildman–Crippen MR) is 76.8 cm³/mol. The number of aliphatic carboxylic acids is 1. The zero-order valence-corrected chi connectivity index (χ0v) is 12.3. The topological polar surface area (TPSA) is 63.6 Å². The minimum Gasteiger partial charge on any atom is -0.481 e. The van der Waals surface area contributed by atoms with Crippen LogP contribution in [0.1, 0.15) is 71.6 Å². The second-order valence-electron chi connectivity index (χ2n) is 4.39. The van der Waals surface area contributed by atoms with E-state index < -0.39 is 5.97 Å². The number of unbranched alkanes of at least 4 members (excludes halogenated alkanes) is 7. The van der Waals surface area contributed by atoms with E-state index >= 15 is 0 Å². The maximum atomic E-state index is 10.2. The number of ether oxygens (including phenoxy) is 1. The molecule has 1 N–H and O–H groups in total. The molecule has 19 heavy (non-hydrogen) atoms. The van der Waals surface area contributed by atoms with Crippen molar-refractivity contribution in [2.45, 2.75) is 71.6 Å². The molecule has 0 aliphatic carbocycles. The van der Waals surface area contributed by atoms with Gasteiger partial charge < -0.3 is 9.84 Å². The molecule has 112 valence electrons. The lowest BCUT2D eigenvalue weighted by molar-refractivity contribution is -0.137. The molecule has 0 unspecified atom stereocenters. The van der Waals surface area contributed by atoms with Gasteiger partial charge in [-0.2, -0.15) is 0 Å². The van der Waals surface area contributed by atoms with Gasteiger partial charge in [0.2, 0.25) is 0 Å². The van der Waals surface area contributed by atoms with Crippen LogP contribution in [0, 0.1) is 0 Å². The summed E-state index contributed by atoms with van der Waals surface area (Å²) in [5, 5.41) is 8.39. The van der Waals surface area contributed by atoms with E-state index in [9.17, 15) is 9.59 Å². The molecule has 0 aromatic rings. The molecule has 0 heterocycles. The van der Waals surface area contributed by atoms with Crippen molar-refractivity contribution in [1.82, 2.24) is 0 Å². The van der Waals surface area contributed by atoms with E-state index in [1.807, 2.05) is 0 Å². The second kappa shape index (κ2) is 16.7. The zero-order chi connectivity index (χ0) is 14.9. The van der Waals surface area contributed by atoms with Crippen LogP contribution in [0.15, 0.2) is 12.8 Å². The van der Waals surface area contributed by atoms with Crippen LogP contribution in [0.25, 0.3) is 0 Å². The van der Waals surface area contributed by atoms with Crippen LogP contribution in [0.5, 0.6) is 0 Å². The van der Waals surface area contributed by atoms with E-state index in [1.165, 1.54) is 45.4 Å². The average molecular weight is 272 g/mol. The van der Waals surface area contributed by atoms with Crippen LogP contribution in [0.3, 0.4) is 0 Å². The molecular weight excluding hydrogens is 244 g/mol. The maximum absolute atomic E-state index is 10.2. The van der Waals surface area contributed by atoms with Crippen molar-refractivity contribution in [2.75, 3.05) is 0 Å². The van der Waals surface area contributed by atoms with Gasteiger partial charge in [0, 0.05) is 13.3 Å². The Morgan fingerprint density at radius 3 is 1.84 bits per heavy atom. The highest BCUT2D eigenvalue weighted by Crippen LogP contribution is 2.09. The lowest BCUT2D eigenvalue weighted by Crippen LogP contribution is -1.93. The highest BCUT2D eigenvalue weighted by molar-refractivity contribution is 5.66. The van der Waals surface area contributed by atoms with Crippen LogP contribution in [-0.4, -0.2) is 17.0 Å². The van der Waals surface area contributed by atoms with Crippen molar-refractivity contribution in [3.05, 3.63) is 12.8 Å². The number of hydrogen-bond acceptors (Lipinski definition) is 3. The highest BCUT2D eigenvalue weighted by Gasteiger charge is 1.95. The Balaban J connectivity index is 0. The van der Waals surface area contributed by atoms with Crippen molar-refractivity contribution >= 4 is 11.9 Å². The Morgan fingerprint density at radius 1 is 1.05 bits per heavy atom. The number of carbonyl (C=O) groups is 2. The normalized spacial score (nSPS) is 9.16. The largest absolute Gasteiger partial charge is 0.481 e. The number of carboxylic acid groups (broad SMARTS) is 1. The summed E-state index contributed by atoms with van der Waals surface area (Å²) < 4.78 is 4.17. The van der Waals surface area contributed by atoms with Crippen molar-refractivity contribution < 1.29 is 19.4 Å². The molecule has 0 aliphatic heterocycles. The van der Waals surface area contributed by atoms with E-state index in [4.69, 9.17) is 5.11 Å². The average Bonchev–Trinajstić information content (AvgIpc) is 2.33. The molecule has 0 saturated heterocycles. The van der Waals surface area contributed by atoms with Gasteiger partial charge in [0.15, 0.2) is 0 Å². The smallest absolute Gasteiger partial charge is 0.307 e. The van der Waals surface area contributed by atoms with E-state index in [1.54, 1.807) is 0 Å². The minimum atomic E-state index is -0.661. The standard InChI is InChI=1S/C11H22O2.C4H6O2/c1-2-3-4-5-6-7-8-9-10-11(12)13;1-3-6-4(2)5/h2-10H2,1H3,(H,12,13);3H,1H2,2H3. The van der Waals surface area contributed by atoms with E-state index in [-0.39, 0.29) is 5.97 Å². The summed E-state index contributed by atoms with van der Waals surface area (Å²) in [4.78, 5) is 19.9. The lowest BCUT2D eigenvalue weighted by Gasteiger charge is -1.99. The maximum Gasteiger partial charge on any atom is 0.307 e. The molecule has 0 amide bonds. The fraction of sp³-hybridized carbons (Fsp3) is 0.733. The monoisotopic (exact) mass is 272 g/mol. The fourth-order valence-electron chi connectivity index (χ4n) is 1.53. The van der Waals surface area contributed by atoms with Gasteiger partial charge in [0.25, 0.3) is 0 Å². The van der Waals surface area contributed by atoms with Gasteiger partial charge in [-0.1, -0.05) is 58.4 Å². The third-order valence-electron chi connectivity index (χ3n) is 2.49. The van der Waals surface area contributed by atoms with Crippen LogP contribution < -0.4 is 0 Å². The third kappa shape index (κ3) is 26.3. The first kappa shape index (κ1) is 20.0. The highest BCUT2D eigenvalue weighted by atomic mass is 16.5. The SMILES string of the molecule is C=COC(C)=O.CCCCCCCCCCC(=O)O. The van der Waals surface area contributed by atoms with Crippen LogP contribution in [0.2, 0.25) is 0 Å². The molecule has 0 aromatic heterocycles. The van der Waals surface area contributed by atoms with Crippen molar-refractivity contribution in [1.29, 1.82) is 0 Å². The Morgan fingerprint density at radius 2 is 1.53 bits per heavy atom. The number of carboxylic acids is 1. The number of esters is 1. The van der Waals surface area contributed by atoms with Gasteiger partial charge in [-0.15, -0.1) is 0 Å². The molecule has 0 spiro atoms. The van der Waals surface area contributed by atoms with Crippen LogP contribution in [-0.2, 0) is 14.3 Å². The second-order valence-corrected chi connectivity index (χ2v) is 4.39. The molecule has 0 radical (unpaired) electrons. The van der Waals surface area contributed by atoms with Gasteiger partial charge in [-0.25, -0.2) is 0 Å². The molecular formula is C15H28O4. The summed E-state index contributed by atoms with van der Waals surface area (Å²) in [5.74, 6) is -0.990. The summed E-state index contributed by atoms with van der Waals surface area (Å²) in [6.45, 7) is 6.69. The zero-order valence-electron chi connectivity index (χ0n) is 12.3. The number of hydrogen-bond donors (Lipinski definition) is 1. The lowest BCUT2D eigenvalue weighted by atomic mass is 10.1. The Bertz CT molecular complexity index is 236. The van der Waals surface area contributed by atoms with E-state index in [2.05, 4.69) is 18.2 Å². The van der Waals surface area contributed by atoms with Crippen LogP contribution in [0.4, 0.5) is 0 Å².